The predicted octanol–water partition coefficient (Wildman–Crippen LogP) is 2.16. The highest BCUT2D eigenvalue weighted by Crippen LogP contribution is 2.28. The second-order valence-electron chi connectivity index (χ2n) is 7.34. The summed E-state index contributed by atoms with van der Waals surface area (Å²) in [5, 5.41) is 0.782. The van der Waals surface area contributed by atoms with Crippen LogP contribution in [-0.2, 0) is 5.54 Å². The maximum atomic E-state index is 12.4. The first-order chi connectivity index (χ1) is 11.6. The second-order valence-corrected chi connectivity index (χ2v) is 7.34. The van der Waals surface area contributed by atoms with Crippen molar-refractivity contribution in [2.75, 3.05) is 11.5 Å². The molecule has 0 aliphatic rings. The van der Waals surface area contributed by atoms with Crippen molar-refractivity contribution in [2.45, 2.75) is 46.2 Å². The number of nitrogens with zero attached hydrogens (tertiary/aromatic N) is 5. The minimum absolute atomic E-state index is 0.127. The Hall–Kier alpha value is -2.90. The molecule has 3 aromatic rings. The van der Waals surface area contributed by atoms with Crippen LogP contribution >= 0.6 is 0 Å². The molecule has 0 aliphatic carbocycles. The van der Waals surface area contributed by atoms with Crippen LogP contribution in [0, 0.1) is 0 Å². The highest BCUT2D eigenvalue weighted by Gasteiger charge is 2.23. The Morgan fingerprint density at radius 3 is 2.40 bits per heavy atom. The lowest BCUT2D eigenvalue weighted by molar-refractivity contribution is 0.382. The van der Waals surface area contributed by atoms with E-state index in [0.717, 1.165) is 11.0 Å². The van der Waals surface area contributed by atoms with E-state index in [4.69, 9.17) is 11.5 Å². The largest absolute Gasteiger partial charge is 0.383 e. The van der Waals surface area contributed by atoms with E-state index in [2.05, 4.69) is 28.8 Å². The zero-order chi connectivity index (χ0) is 18.5. The van der Waals surface area contributed by atoms with Gasteiger partial charge in [0.2, 0.25) is 0 Å². The van der Waals surface area contributed by atoms with Crippen LogP contribution in [0.25, 0.3) is 22.6 Å². The van der Waals surface area contributed by atoms with E-state index in [0.29, 0.717) is 17.3 Å². The summed E-state index contributed by atoms with van der Waals surface area (Å²) < 4.78 is 3.55. The molecule has 3 heterocycles. The summed E-state index contributed by atoms with van der Waals surface area (Å²) in [6, 6.07) is 3.72. The first-order valence-corrected chi connectivity index (χ1v) is 8.14. The van der Waals surface area contributed by atoms with E-state index in [1.54, 1.807) is 6.07 Å². The molecule has 0 radical (unpaired) electrons. The average molecular weight is 341 g/mol. The first kappa shape index (κ1) is 16.9. The third-order valence-corrected chi connectivity index (χ3v) is 4.00. The maximum Gasteiger partial charge on any atom is 0.350 e. The fourth-order valence-corrected chi connectivity index (χ4v) is 2.90. The van der Waals surface area contributed by atoms with Gasteiger partial charge in [0.05, 0.1) is 11.1 Å². The van der Waals surface area contributed by atoms with Crippen LogP contribution in [-0.4, -0.2) is 24.1 Å². The van der Waals surface area contributed by atoms with Crippen LogP contribution in [0.5, 0.6) is 0 Å². The smallest absolute Gasteiger partial charge is 0.350 e. The van der Waals surface area contributed by atoms with Crippen LogP contribution in [0.15, 0.2) is 23.1 Å². The van der Waals surface area contributed by atoms with Crippen molar-refractivity contribution in [2.24, 2.45) is 0 Å². The molecule has 132 valence electrons. The summed E-state index contributed by atoms with van der Waals surface area (Å²) >= 11 is 0. The maximum absolute atomic E-state index is 12.4. The fourth-order valence-electron chi connectivity index (χ4n) is 2.90. The SMILES string of the molecule is CC(C)n1ccc2c(N)nc(-c3cc(N)nc(=O)n3C(C)(C)C)nc21. The molecule has 3 aromatic heterocycles. The topological polar surface area (TPSA) is 118 Å². The highest BCUT2D eigenvalue weighted by atomic mass is 16.1. The van der Waals surface area contributed by atoms with Crippen LogP contribution in [0.1, 0.15) is 40.7 Å². The molecule has 25 heavy (non-hydrogen) atoms. The van der Waals surface area contributed by atoms with Gasteiger partial charge < -0.3 is 16.0 Å². The predicted molar refractivity (Wildman–Crippen MR) is 99.2 cm³/mol. The van der Waals surface area contributed by atoms with E-state index in [1.165, 1.54) is 4.57 Å². The third-order valence-electron chi connectivity index (χ3n) is 4.00. The van der Waals surface area contributed by atoms with Gasteiger partial charge in [0.15, 0.2) is 5.82 Å². The van der Waals surface area contributed by atoms with Gasteiger partial charge in [-0.15, -0.1) is 0 Å². The lowest BCUT2D eigenvalue weighted by atomic mass is 10.1. The van der Waals surface area contributed by atoms with Crippen molar-refractivity contribution in [1.29, 1.82) is 0 Å². The van der Waals surface area contributed by atoms with E-state index in [1.807, 2.05) is 37.6 Å². The summed E-state index contributed by atoms with van der Waals surface area (Å²) in [5.41, 5.74) is 12.2. The van der Waals surface area contributed by atoms with Crippen molar-refractivity contribution >= 4 is 22.7 Å². The van der Waals surface area contributed by atoms with Crippen molar-refractivity contribution in [3.63, 3.8) is 0 Å². The molecular weight excluding hydrogens is 318 g/mol. The van der Waals surface area contributed by atoms with Gasteiger partial charge in [-0.25, -0.2) is 14.8 Å². The Labute approximate surface area is 145 Å². The summed E-state index contributed by atoms with van der Waals surface area (Å²) in [6.45, 7) is 9.86. The zero-order valence-electron chi connectivity index (χ0n) is 15.1. The number of anilines is 2. The Morgan fingerprint density at radius 2 is 1.80 bits per heavy atom. The number of hydrogen-bond donors (Lipinski definition) is 2. The summed E-state index contributed by atoms with van der Waals surface area (Å²) in [6.07, 6.45) is 1.93. The molecule has 8 nitrogen and oxygen atoms in total. The Bertz CT molecular complexity index is 1010. The third kappa shape index (κ3) is 2.84. The summed E-state index contributed by atoms with van der Waals surface area (Å²) in [7, 11) is 0. The average Bonchev–Trinajstić information content (AvgIpc) is 2.89. The molecule has 0 spiro atoms. The number of fused-ring (bicyclic) bond motifs is 1. The number of nitrogens with two attached hydrogens (primary N) is 2. The van der Waals surface area contributed by atoms with E-state index < -0.39 is 11.2 Å². The molecule has 0 amide bonds. The molecule has 0 saturated carbocycles. The Balaban J connectivity index is 2.38. The van der Waals surface area contributed by atoms with Crippen LogP contribution in [0.3, 0.4) is 0 Å². The van der Waals surface area contributed by atoms with E-state index in [9.17, 15) is 4.79 Å². The molecule has 0 bridgehead atoms. The minimum atomic E-state index is -0.514. The fraction of sp³-hybridized carbons (Fsp3) is 0.412. The van der Waals surface area contributed by atoms with Crippen molar-refractivity contribution in [3.8, 4) is 11.5 Å². The molecule has 4 N–H and O–H groups in total. The van der Waals surface area contributed by atoms with Crippen LogP contribution < -0.4 is 17.2 Å². The standard InChI is InChI=1S/C17H23N7O/c1-9(2)23-7-6-10-13(19)21-14(22-15(10)23)11-8-12(18)20-16(25)24(11)17(3,4)5/h6-9H,1-5H3,(H2,18,20,25)(H2,19,21,22). The Morgan fingerprint density at radius 1 is 1.12 bits per heavy atom. The highest BCUT2D eigenvalue weighted by molar-refractivity contribution is 5.88. The van der Waals surface area contributed by atoms with Crippen molar-refractivity contribution < 1.29 is 0 Å². The van der Waals surface area contributed by atoms with Gasteiger partial charge in [0.1, 0.15) is 17.3 Å². The number of nitrogen functional groups attached to an aromatic ring is 2. The van der Waals surface area contributed by atoms with Gasteiger partial charge >= 0.3 is 5.69 Å². The molecule has 0 saturated heterocycles. The zero-order valence-corrected chi connectivity index (χ0v) is 15.1. The van der Waals surface area contributed by atoms with E-state index >= 15 is 0 Å². The van der Waals surface area contributed by atoms with Crippen LogP contribution in [0.4, 0.5) is 11.6 Å². The first-order valence-electron chi connectivity index (χ1n) is 8.14. The lowest BCUT2D eigenvalue weighted by Gasteiger charge is -2.25. The van der Waals surface area contributed by atoms with Gasteiger partial charge in [-0.3, -0.25) is 4.57 Å². The number of hydrogen-bond acceptors (Lipinski definition) is 6. The monoisotopic (exact) mass is 341 g/mol. The second kappa shape index (κ2) is 5.58. The minimum Gasteiger partial charge on any atom is -0.383 e. The van der Waals surface area contributed by atoms with E-state index in [-0.39, 0.29) is 11.9 Å². The van der Waals surface area contributed by atoms with Crippen molar-refractivity contribution in [1.82, 2.24) is 24.1 Å². The van der Waals surface area contributed by atoms with Crippen LogP contribution in [0.2, 0.25) is 0 Å². The molecule has 0 aromatic carbocycles. The van der Waals surface area contributed by atoms with Crippen molar-refractivity contribution in [3.05, 3.63) is 28.8 Å². The molecule has 0 fully saturated rings. The summed E-state index contributed by atoms with van der Waals surface area (Å²) in [4.78, 5) is 25.4. The molecule has 0 aliphatic heterocycles. The van der Waals surface area contributed by atoms with Gasteiger partial charge in [0.25, 0.3) is 0 Å². The quantitative estimate of drug-likeness (QED) is 0.737. The molecule has 0 unspecified atom stereocenters. The molecule has 0 atom stereocenters. The molecular formula is C17H23N7O. The Kier molecular flexibility index (Phi) is 3.78. The number of rotatable bonds is 2. The molecule has 3 rings (SSSR count). The van der Waals surface area contributed by atoms with Gasteiger partial charge in [0, 0.05) is 23.8 Å². The lowest BCUT2D eigenvalue weighted by Crippen LogP contribution is -2.37. The summed E-state index contributed by atoms with van der Waals surface area (Å²) in [5.74, 6) is 0.844. The van der Waals surface area contributed by atoms with Gasteiger partial charge in [-0.2, -0.15) is 4.98 Å². The normalized spacial score (nSPS) is 12.2. The number of aromatic nitrogens is 5. The van der Waals surface area contributed by atoms with Gasteiger partial charge in [-0.1, -0.05) is 0 Å². The molecule has 8 heteroatoms. The van der Waals surface area contributed by atoms with Gasteiger partial charge in [-0.05, 0) is 40.7 Å².